The molecule has 1 fully saturated rings. The van der Waals surface area contributed by atoms with Gasteiger partial charge < -0.3 is 10.1 Å². The molecular weight excluding hydrogens is 412 g/mol. The van der Waals surface area contributed by atoms with Gasteiger partial charge in [-0.15, -0.1) is 0 Å². The number of nitrogens with zero attached hydrogens (tertiary/aromatic N) is 1. The Kier molecular flexibility index (Phi) is 7.73. The quantitative estimate of drug-likeness (QED) is 0.672. The van der Waals surface area contributed by atoms with Crippen molar-refractivity contribution in [3.8, 4) is 5.75 Å². The van der Waals surface area contributed by atoms with Crippen molar-refractivity contribution < 1.29 is 17.9 Å². The predicted octanol–water partition coefficient (Wildman–Crippen LogP) is 3.81. The molecule has 1 saturated heterocycles. The number of benzene rings is 2. The Hall–Kier alpha value is -2.38. The normalized spacial score (nSPS) is 16.6. The minimum Gasteiger partial charge on any atom is -0.494 e. The van der Waals surface area contributed by atoms with Crippen LogP contribution in [0, 0.1) is 12.8 Å². The van der Waals surface area contributed by atoms with Crippen molar-refractivity contribution >= 4 is 15.9 Å². The summed E-state index contributed by atoms with van der Waals surface area (Å²) in [6.45, 7) is 7.22. The van der Waals surface area contributed by atoms with E-state index in [1.54, 1.807) is 0 Å². The number of nitrogens with one attached hydrogen (secondary N) is 1. The lowest BCUT2D eigenvalue weighted by atomic mass is 9.96. The van der Waals surface area contributed by atoms with Gasteiger partial charge in [-0.2, -0.15) is 0 Å². The minimum atomic E-state index is -3.39. The number of hydrogen-bond donors (Lipinski definition) is 1. The number of amides is 1. The van der Waals surface area contributed by atoms with Gasteiger partial charge in [0.1, 0.15) is 5.75 Å². The van der Waals surface area contributed by atoms with Gasteiger partial charge in [0.25, 0.3) is 0 Å². The zero-order valence-corrected chi connectivity index (χ0v) is 19.3. The zero-order chi connectivity index (χ0) is 22.4. The van der Waals surface area contributed by atoms with Crippen LogP contribution in [0.1, 0.15) is 49.4 Å². The van der Waals surface area contributed by atoms with E-state index < -0.39 is 10.0 Å². The molecule has 1 N–H and O–H groups in total. The Balaban J connectivity index is 1.52. The van der Waals surface area contributed by atoms with E-state index in [0.717, 1.165) is 22.4 Å². The number of carbonyl (C=O) groups excluding carboxylic acids is 1. The lowest BCUT2D eigenvalue weighted by Gasteiger charge is -2.31. The van der Waals surface area contributed by atoms with Crippen LogP contribution < -0.4 is 10.1 Å². The van der Waals surface area contributed by atoms with Gasteiger partial charge in [-0.05, 0) is 56.9 Å². The van der Waals surface area contributed by atoms with E-state index in [-0.39, 0.29) is 23.6 Å². The van der Waals surface area contributed by atoms with Crippen LogP contribution in [0.5, 0.6) is 5.75 Å². The van der Waals surface area contributed by atoms with Crippen molar-refractivity contribution in [1.29, 1.82) is 0 Å². The maximum absolute atomic E-state index is 12.8. The molecule has 1 heterocycles. The summed E-state index contributed by atoms with van der Waals surface area (Å²) < 4.78 is 32.6. The molecule has 0 saturated carbocycles. The minimum absolute atomic E-state index is 0.000316. The number of hydrogen-bond acceptors (Lipinski definition) is 4. The Morgan fingerprint density at radius 2 is 1.84 bits per heavy atom. The average Bonchev–Trinajstić information content (AvgIpc) is 2.74. The third kappa shape index (κ3) is 6.31. The number of aryl methyl sites for hydroxylation is 1. The van der Waals surface area contributed by atoms with E-state index in [0.29, 0.717) is 32.5 Å². The Bertz CT molecular complexity index is 981. The van der Waals surface area contributed by atoms with E-state index in [4.69, 9.17) is 4.74 Å². The molecule has 168 valence electrons. The fourth-order valence-corrected chi connectivity index (χ4v) is 5.48. The lowest BCUT2D eigenvalue weighted by Crippen LogP contribution is -2.43. The molecular formula is C24H32N2O4S. The molecule has 7 heteroatoms. The van der Waals surface area contributed by atoms with Crippen LogP contribution in [-0.2, 0) is 20.6 Å². The highest BCUT2D eigenvalue weighted by atomic mass is 32.2. The molecule has 0 bridgehead atoms. The van der Waals surface area contributed by atoms with Crippen molar-refractivity contribution in [1.82, 2.24) is 9.62 Å². The molecule has 3 rings (SSSR count). The summed E-state index contributed by atoms with van der Waals surface area (Å²) in [7, 11) is -3.39. The molecule has 0 spiro atoms. The van der Waals surface area contributed by atoms with Crippen LogP contribution in [0.25, 0.3) is 0 Å². The highest BCUT2D eigenvalue weighted by molar-refractivity contribution is 7.88. The van der Waals surface area contributed by atoms with E-state index in [1.165, 1.54) is 4.31 Å². The number of sulfonamides is 1. The van der Waals surface area contributed by atoms with E-state index in [2.05, 4.69) is 5.32 Å². The van der Waals surface area contributed by atoms with Crippen molar-refractivity contribution in [2.45, 2.75) is 45.4 Å². The van der Waals surface area contributed by atoms with Gasteiger partial charge in [-0.1, -0.05) is 42.0 Å². The van der Waals surface area contributed by atoms with Gasteiger partial charge in [0.2, 0.25) is 15.9 Å². The summed E-state index contributed by atoms with van der Waals surface area (Å²) >= 11 is 0. The third-order valence-electron chi connectivity index (χ3n) is 5.70. The number of piperidine rings is 1. The molecule has 0 aliphatic carbocycles. The molecule has 1 amide bonds. The fourth-order valence-electron chi connectivity index (χ4n) is 3.93. The summed E-state index contributed by atoms with van der Waals surface area (Å²) in [4.78, 5) is 12.7. The summed E-state index contributed by atoms with van der Waals surface area (Å²) in [6.07, 6.45) is 1.07. The SMILES string of the molecule is CCOc1ccc([C@H](C)NC(=O)C2CCN(S(=O)(=O)Cc3cccc(C)c3)CC2)cc1. The second-order valence-electron chi connectivity index (χ2n) is 8.15. The van der Waals surface area contributed by atoms with Crippen molar-refractivity contribution in [2.24, 2.45) is 5.92 Å². The predicted molar refractivity (Wildman–Crippen MR) is 122 cm³/mol. The summed E-state index contributed by atoms with van der Waals surface area (Å²) in [5.41, 5.74) is 2.85. The smallest absolute Gasteiger partial charge is 0.223 e. The number of carbonyl (C=O) groups is 1. The molecule has 1 aliphatic heterocycles. The van der Waals surface area contributed by atoms with Crippen molar-refractivity contribution in [3.63, 3.8) is 0 Å². The summed E-state index contributed by atoms with van der Waals surface area (Å²) in [5, 5.41) is 3.07. The highest BCUT2D eigenvalue weighted by Gasteiger charge is 2.31. The van der Waals surface area contributed by atoms with Crippen LogP contribution in [0.4, 0.5) is 0 Å². The van der Waals surface area contributed by atoms with Gasteiger partial charge in [-0.25, -0.2) is 12.7 Å². The highest BCUT2D eigenvalue weighted by Crippen LogP contribution is 2.24. The molecule has 1 aliphatic rings. The van der Waals surface area contributed by atoms with Crippen LogP contribution in [0.2, 0.25) is 0 Å². The number of rotatable bonds is 8. The second-order valence-corrected chi connectivity index (χ2v) is 10.1. The van der Waals surface area contributed by atoms with Crippen molar-refractivity contribution in [2.75, 3.05) is 19.7 Å². The molecule has 31 heavy (non-hydrogen) atoms. The molecule has 0 unspecified atom stereocenters. The average molecular weight is 445 g/mol. The molecule has 0 radical (unpaired) electrons. The van der Waals surface area contributed by atoms with Gasteiger partial charge in [0.15, 0.2) is 0 Å². The summed E-state index contributed by atoms with van der Waals surface area (Å²) in [5.74, 6) is 0.622. The molecule has 2 aromatic rings. The first-order chi connectivity index (χ1) is 14.8. The second kappa shape index (κ2) is 10.3. The van der Waals surface area contributed by atoms with Gasteiger partial charge in [0, 0.05) is 19.0 Å². The Morgan fingerprint density at radius 1 is 1.16 bits per heavy atom. The van der Waals surface area contributed by atoms with Crippen LogP contribution in [0.3, 0.4) is 0 Å². The molecule has 2 aromatic carbocycles. The Labute approximate surface area is 185 Å². The molecule has 6 nitrogen and oxygen atoms in total. The van der Waals surface area contributed by atoms with E-state index in [1.807, 2.05) is 69.3 Å². The van der Waals surface area contributed by atoms with Gasteiger partial charge in [0.05, 0.1) is 18.4 Å². The standard InChI is InChI=1S/C24H32N2O4S/c1-4-30-23-10-8-21(9-11-23)19(3)25-24(27)22-12-14-26(15-13-22)31(28,29)17-20-7-5-6-18(2)16-20/h5-11,16,19,22H,4,12-15,17H2,1-3H3,(H,25,27)/t19-/m0/s1. The lowest BCUT2D eigenvalue weighted by molar-refractivity contribution is -0.126. The maximum Gasteiger partial charge on any atom is 0.223 e. The maximum atomic E-state index is 12.8. The van der Waals surface area contributed by atoms with E-state index in [9.17, 15) is 13.2 Å². The Morgan fingerprint density at radius 3 is 2.45 bits per heavy atom. The fraction of sp³-hybridized carbons (Fsp3) is 0.458. The first-order valence-corrected chi connectivity index (χ1v) is 12.5. The van der Waals surface area contributed by atoms with E-state index >= 15 is 0 Å². The van der Waals surface area contributed by atoms with Crippen molar-refractivity contribution in [3.05, 3.63) is 65.2 Å². The first kappa shape index (κ1) is 23.3. The topological polar surface area (TPSA) is 75.7 Å². The van der Waals surface area contributed by atoms with Crippen LogP contribution >= 0.6 is 0 Å². The number of ether oxygens (including phenoxy) is 1. The molecule has 1 atom stereocenters. The monoisotopic (exact) mass is 444 g/mol. The third-order valence-corrected chi connectivity index (χ3v) is 7.55. The molecule has 0 aromatic heterocycles. The summed E-state index contributed by atoms with van der Waals surface area (Å²) in [6, 6.07) is 15.2. The van der Waals surface area contributed by atoms with Crippen LogP contribution in [-0.4, -0.2) is 38.3 Å². The largest absolute Gasteiger partial charge is 0.494 e. The van der Waals surface area contributed by atoms with Crippen LogP contribution in [0.15, 0.2) is 48.5 Å². The zero-order valence-electron chi connectivity index (χ0n) is 18.5. The van der Waals surface area contributed by atoms with Gasteiger partial charge >= 0.3 is 0 Å². The van der Waals surface area contributed by atoms with Gasteiger partial charge in [-0.3, -0.25) is 4.79 Å². The first-order valence-electron chi connectivity index (χ1n) is 10.8.